The molecule has 2 rings (SSSR count). The molecule has 0 aliphatic rings. The molecular formula is C16H22FN3O. The quantitative estimate of drug-likeness (QED) is 0.793. The molecule has 0 saturated carbocycles. The zero-order valence-electron chi connectivity index (χ0n) is 12.7. The minimum absolute atomic E-state index is 0.00527. The van der Waals surface area contributed by atoms with Crippen molar-refractivity contribution in [1.82, 2.24) is 15.5 Å². The number of hydrogen-bond donors (Lipinski definition) is 3. The van der Waals surface area contributed by atoms with Gasteiger partial charge in [-0.15, -0.1) is 0 Å². The van der Waals surface area contributed by atoms with Crippen LogP contribution in [0.2, 0.25) is 0 Å². The average molecular weight is 291 g/mol. The van der Waals surface area contributed by atoms with Gasteiger partial charge in [-0.05, 0) is 17.7 Å². The Hall–Kier alpha value is -1.72. The fourth-order valence-corrected chi connectivity index (χ4v) is 2.27. The van der Waals surface area contributed by atoms with E-state index < -0.39 is 6.10 Å². The SMILES string of the molecule is CC(C)(C)c1[nH]ncc1CNC[C@@H](O)c1cccc(F)c1. The van der Waals surface area contributed by atoms with Gasteiger partial charge in [0.2, 0.25) is 0 Å². The maximum atomic E-state index is 13.1. The van der Waals surface area contributed by atoms with Crippen LogP contribution in [0.4, 0.5) is 4.39 Å². The van der Waals surface area contributed by atoms with Crippen LogP contribution in [0.3, 0.4) is 0 Å². The Morgan fingerprint density at radius 1 is 1.38 bits per heavy atom. The second-order valence-corrected chi connectivity index (χ2v) is 6.22. The van der Waals surface area contributed by atoms with E-state index in [0.29, 0.717) is 18.7 Å². The lowest BCUT2D eigenvalue weighted by atomic mass is 9.89. The molecule has 0 radical (unpaired) electrons. The predicted molar refractivity (Wildman–Crippen MR) is 80.4 cm³/mol. The summed E-state index contributed by atoms with van der Waals surface area (Å²) < 4.78 is 13.1. The maximum Gasteiger partial charge on any atom is 0.123 e. The molecule has 0 aliphatic carbocycles. The van der Waals surface area contributed by atoms with Crippen molar-refractivity contribution in [2.45, 2.75) is 38.8 Å². The summed E-state index contributed by atoms with van der Waals surface area (Å²) >= 11 is 0. The molecule has 114 valence electrons. The molecule has 2 aromatic rings. The standard InChI is InChI=1S/C16H22FN3O/c1-16(2,3)15-12(9-19-20-15)8-18-10-14(21)11-5-4-6-13(17)7-11/h4-7,9,14,18,21H,8,10H2,1-3H3,(H,19,20)/t14-/m1/s1. The second kappa shape index (κ2) is 6.37. The first kappa shape index (κ1) is 15.7. The van der Waals surface area contributed by atoms with Gasteiger partial charge in [0.05, 0.1) is 12.3 Å². The number of aromatic amines is 1. The van der Waals surface area contributed by atoms with Crippen LogP contribution < -0.4 is 5.32 Å². The number of benzene rings is 1. The molecule has 1 aromatic carbocycles. The number of nitrogens with one attached hydrogen (secondary N) is 2. The molecule has 0 spiro atoms. The van der Waals surface area contributed by atoms with Gasteiger partial charge in [0, 0.05) is 29.8 Å². The Balaban J connectivity index is 1.92. The van der Waals surface area contributed by atoms with E-state index in [2.05, 4.69) is 36.3 Å². The number of aromatic nitrogens is 2. The van der Waals surface area contributed by atoms with Crippen LogP contribution in [0, 0.1) is 5.82 Å². The Morgan fingerprint density at radius 3 is 2.81 bits per heavy atom. The fourth-order valence-electron chi connectivity index (χ4n) is 2.27. The van der Waals surface area contributed by atoms with Crippen LogP contribution in [-0.2, 0) is 12.0 Å². The molecule has 1 atom stereocenters. The monoisotopic (exact) mass is 291 g/mol. The number of hydrogen-bond acceptors (Lipinski definition) is 3. The Morgan fingerprint density at radius 2 is 2.14 bits per heavy atom. The molecule has 0 aliphatic heterocycles. The molecule has 4 nitrogen and oxygen atoms in total. The maximum absolute atomic E-state index is 13.1. The normalized spacial score (nSPS) is 13.4. The Labute approximate surface area is 124 Å². The van der Waals surface area contributed by atoms with Gasteiger partial charge < -0.3 is 10.4 Å². The lowest BCUT2D eigenvalue weighted by Crippen LogP contribution is -2.23. The van der Waals surface area contributed by atoms with Crippen molar-refractivity contribution in [2.24, 2.45) is 0 Å². The largest absolute Gasteiger partial charge is 0.387 e. The van der Waals surface area contributed by atoms with Gasteiger partial charge in [0.25, 0.3) is 0 Å². The molecule has 0 fully saturated rings. The molecular weight excluding hydrogens is 269 g/mol. The summed E-state index contributed by atoms with van der Waals surface area (Å²) in [6, 6.07) is 6.03. The van der Waals surface area contributed by atoms with Gasteiger partial charge in [0.15, 0.2) is 0 Å². The first-order valence-electron chi connectivity index (χ1n) is 7.05. The summed E-state index contributed by atoms with van der Waals surface area (Å²) in [4.78, 5) is 0. The van der Waals surface area contributed by atoms with Crippen LogP contribution >= 0.6 is 0 Å². The highest BCUT2D eigenvalue weighted by Gasteiger charge is 2.19. The summed E-state index contributed by atoms with van der Waals surface area (Å²) in [5.74, 6) is -0.337. The molecule has 0 unspecified atom stereocenters. The van der Waals surface area contributed by atoms with Gasteiger partial charge in [-0.2, -0.15) is 5.10 Å². The summed E-state index contributed by atoms with van der Waals surface area (Å²) in [6.45, 7) is 7.32. The molecule has 0 saturated heterocycles. The predicted octanol–water partition coefficient (Wildman–Crippen LogP) is 2.67. The highest BCUT2D eigenvalue weighted by molar-refractivity contribution is 5.23. The lowest BCUT2D eigenvalue weighted by Gasteiger charge is -2.19. The molecule has 1 heterocycles. The smallest absolute Gasteiger partial charge is 0.123 e. The van der Waals surface area contributed by atoms with E-state index in [1.54, 1.807) is 18.3 Å². The van der Waals surface area contributed by atoms with E-state index in [1.165, 1.54) is 12.1 Å². The van der Waals surface area contributed by atoms with Crippen LogP contribution in [0.1, 0.15) is 43.7 Å². The number of nitrogens with zero attached hydrogens (tertiary/aromatic N) is 1. The topological polar surface area (TPSA) is 60.9 Å². The van der Waals surface area contributed by atoms with E-state index >= 15 is 0 Å². The molecule has 3 N–H and O–H groups in total. The summed E-state index contributed by atoms with van der Waals surface area (Å²) in [6.07, 6.45) is 1.06. The summed E-state index contributed by atoms with van der Waals surface area (Å²) in [5.41, 5.74) is 2.73. The van der Waals surface area contributed by atoms with E-state index in [0.717, 1.165) is 11.3 Å². The molecule has 5 heteroatoms. The van der Waals surface area contributed by atoms with Gasteiger partial charge >= 0.3 is 0 Å². The number of aliphatic hydroxyl groups is 1. The molecule has 0 amide bonds. The summed E-state index contributed by atoms with van der Waals surface area (Å²) in [5, 5.41) is 20.3. The average Bonchev–Trinajstić information content (AvgIpc) is 2.87. The van der Waals surface area contributed by atoms with Gasteiger partial charge in [-0.3, -0.25) is 5.10 Å². The molecule has 21 heavy (non-hydrogen) atoms. The lowest BCUT2D eigenvalue weighted by molar-refractivity contribution is 0.174. The third-order valence-electron chi connectivity index (χ3n) is 3.35. The van der Waals surface area contributed by atoms with E-state index in [1.807, 2.05) is 0 Å². The highest BCUT2D eigenvalue weighted by atomic mass is 19.1. The zero-order valence-corrected chi connectivity index (χ0v) is 12.7. The minimum Gasteiger partial charge on any atom is -0.387 e. The van der Waals surface area contributed by atoms with Crippen molar-refractivity contribution in [3.63, 3.8) is 0 Å². The third-order valence-corrected chi connectivity index (χ3v) is 3.35. The van der Waals surface area contributed by atoms with Crippen LogP contribution in [-0.4, -0.2) is 21.8 Å². The first-order chi connectivity index (χ1) is 9.88. The Kier molecular flexibility index (Phi) is 4.75. The molecule has 0 bridgehead atoms. The number of halogens is 1. The first-order valence-corrected chi connectivity index (χ1v) is 7.05. The van der Waals surface area contributed by atoms with E-state index in [9.17, 15) is 9.50 Å². The third kappa shape index (κ3) is 4.12. The van der Waals surface area contributed by atoms with Gasteiger partial charge in [0.1, 0.15) is 5.82 Å². The van der Waals surface area contributed by atoms with E-state index in [-0.39, 0.29) is 11.2 Å². The van der Waals surface area contributed by atoms with Crippen molar-refractivity contribution in [3.8, 4) is 0 Å². The summed E-state index contributed by atoms with van der Waals surface area (Å²) in [7, 11) is 0. The zero-order chi connectivity index (χ0) is 15.5. The number of rotatable bonds is 5. The van der Waals surface area contributed by atoms with Gasteiger partial charge in [-0.25, -0.2) is 4.39 Å². The second-order valence-electron chi connectivity index (χ2n) is 6.22. The van der Waals surface area contributed by atoms with Crippen molar-refractivity contribution in [2.75, 3.05) is 6.54 Å². The van der Waals surface area contributed by atoms with E-state index in [4.69, 9.17) is 0 Å². The fraction of sp³-hybridized carbons (Fsp3) is 0.438. The van der Waals surface area contributed by atoms with Crippen LogP contribution in [0.15, 0.2) is 30.5 Å². The number of aliphatic hydroxyl groups excluding tert-OH is 1. The van der Waals surface area contributed by atoms with Crippen molar-refractivity contribution >= 4 is 0 Å². The van der Waals surface area contributed by atoms with Crippen molar-refractivity contribution < 1.29 is 9.50 Å². The van der Waals surface area contributed by atoms with Crippen LogP contribution in [0.5, 0.6) is 0 Å². The minimum atomic E-state index is -0.731. The van der Waals surface area contributed by atoms with Gasteiger partial charge in [-0.1, -0.05) is 32.9 Å². The van der Waals surface area contributed by atoms with Crippen molar-refractivity contribution in [1.29, 1.82) is 0 Å². The van der Waals surface area contributed by atoms with Crippen LogP contribution in [0.25, 0.3) is 0 Å². The highest BCUT2D eigenvalue weighted by Crippen LogP contribution is 2.23. The number of H-pyrrole nitrogens is 1. The Bertz CT molecular complexity index is 589. The molecule has 1 aromatic heterocycles. The van der Waals surface area contributed by atoms with Crippen molar-refractivity contribution in [3.05, 3.63) is 53.1 Å².